The van der Waals surface area contributed by atoms with E-state index in [9.17, 15) is 9.59 Å². The van der Waals surface area contributed by atoms with Crippen molar-refractivity contribution in [2.24, 2.45) is 0 Å². The van der Waals surface area contributed by atoms with Gasteiger partial charge in [-0.1, -0.05) is 18.2 Å². The number of carbonyl (C=O) groups excluding carboxylic acids is 1. The molecule has 0 spiro atoms. The number of pyridine rings is 1. The van der Waals surface area contributed by atoms with Crippen LogP contribution in [0.4, 0.5) is 0 Å². The first-order valence-electron chi connectivity index (χ1n) is 6.62. The normalized spacial score (nSPS) is 13.2. The fraction of sp³-hybridized carbons (Fsp3) is 0.375. The zero-order chi connectivity index (χ0) is 14.9. The van der Waals surface area contributed by atoms with Crippen molar-refractivity contribution in [2.45, 2.75) is 39.3 Å². The van der Waals surface area contributed by atoms with Gasteiger partial charge in [0.1, 0.15) is 11.6 Å². The maximum atomic E-state index is 12.4. The Hall–Kier alpha value is -2.10. The Kier molecular flexibility index (Phi) is 3.66. The third kappa shape index (κ3) is 2.90. The van der Waals surface area contributed by atoms with Crippen molar-refractivity contribution >= 4 is 16.7 Å². The lowest BCUT2D eigenvalue weighted by Gasteiger charge is -2.23. The SMILES string of the molecule is CC(C(=O)OC(C)(C)C)n1ccc2ccccc2c1=O. The molecule has 4 heteroatoms. The van der Waals surface area contributed by atoms with Crippen LogP contribution in [0.2, 0.25) is 0 Å². The van der Waals surface area contributed by atoms with Gasteiger partial charge in [-0.25, -0.2) is 4.79 Å². The number of rotatable bonds is 2. The lowest BCUT2D eigenvalue weighted by Crippen LogP contribution is -2.33. The molecule has 0 aliphatic rings. The number of ether oxygens (including phenoxy) is 1. The molecule has 1 aromatic carbocycles. The van der Waals surface area contributed by atoms with Crippen LogP contribution >= 0.6 is 0 Å². The van der Waals surface area contributed by atoms with E-state index in [-0.39, 0.29) is 5.56 Å². The molecule has 0 fully saturated rings. The zero-order valence-corrected chi connectivity index (χ0v) is 12.2. The highest BCUT2D eigenvalue weighted by molar-refractivity contribution is 5.82. The van der Waals surface area contributed by atoms with Crippen molar-refractivity contribution in [3.63, 3.8) is 0 Å². The fourth-order valence-corrected chi connectivity index (χ4v) is 2.01. The van der Waals surface area contributed by atoms with Crippen LogP contribution in [0, 0.1) is 0 Å². The maximum Gasteiger partial charge on any atom is 0.329 e. The molecular weight excluding hydrogens is 254 g/mol. The van der Waals surface area contributed by atoms with E-state index in [1.54, 1.807) is 40.0 Å². The molecule has 0 saturated heterocycles. The molecule has 20 heavy (non-hydrogen) atoms. The monoisotopic (exact) mass is 273 g/mol. The van der Waals surface area contributed by atoms with Crippen molar-refractivity contribution in [1.29, 1.82) is 0 Å². The molecule has 1 atom stereocenters. The van der Waals surface area contributed by atoms with Crippen LogP contribution < -0.4 is 5.56 Å². The Labute approximate surface area is 118 Å². The molecule has 0 aliphatic carbocycles. The molecule has 0 bridgehead atoms. The van der Waals surface area contributed by atoms with Gasteiger partial charge >= 0.3 is 5.97 Å². The highest BCUT2D eigenvalue weighted by Crippen LogP contribution is 2.15. The van der Waals surface area contributed by atoms with Crippen LogP contribution in [-0.4, -0.2) is 16.1 Å². The summed E-state index contributed by atoms with van der Waals surface area (Å²) in [7, 11) is 0. The standard InChI is InChI=1S/C16H19NO3/c1-11(15(19)20-16(2,3)4)17-10-9-12-7-5-6-8-13(12)14(17)18/h5-11H,1-4H3. The molecule has 106 valence electrons. The summed E-state index contributed by atoms with van der Waals surface area (Å²) in [5.41, 5.74) is -0.743. The number of nitrogens with zero attached hydrogens (tertiary/aromatic N) is 1. The van der Waals surface area contributed by atoms with Crippen LogP contribution in [0.5, 0.6) is 0 Å². The second kappa shape index (κ2) is 5.12. The van der Waals surface area contributed by atoms with Crippen molar-refractivity contribution in [3.8, 4) is 0 Å². The first-order chi connectivity index (χ1) is 9.29. The van der Waals surface area contributed by atoms with Crippen LogP contribution in [0.15, 0.2) is 41.3 Å². The van der Waals surface area contributed by atoms with E-state index >= 15 is 0 Å². The maximum absolute atomic E-state index is 12.4. The van der Waals surface area contributed by atoms with Gasteiger partial charge in [-0.3, -0.25) is 4.79 Å². The Balaban J connectivity index is 2.40. The van der Waals surface area contributed by atoms with E-state index in [1.807, 2.05) is 24.3 Å². The number of carbonyl (C=O) groups is 1. The molecule has 0 N–H and O–H groups in total. The van der Waals surface area contributed by atoms with Crippen LogP contribution in [0.1, 0.15) is 33.7 Å². The Morgan fingerprint density at radius 3 is 2.50 bits per heavy atom. The van der Waals surface area contributed by atoms with Gasteiger partial charge in [0.25, 0.3) is 5.56 Å². The van der Waals surface area contributed by atoms with Gasteiger partial charge in [0, 0.05) is 11.6 Å². The molecule has 0 aliphatic heterocycles. The molecule has 1 aromatic heterocycles. The summed E-state index contributed by atoms with van der Waals surface area (Å²) in [4.78, 5) is 24.5. The Morgan fingerprint density at radius 2 is 1.85 bits per heavy atom. The number of fused-ring (bicyclic) bond motifs is 1. The van der Waals surface area contributed by atoms with Crippen LogP contribution in [-0.2, 0) is 9.53 Å². The quantitative estimate of drug-likeness (QED) is 0.790. The summed E-state index contributed by atoms with van der Waals surface area (Å²) in [5, 5.41) is 1.47. The van der Waals surface area contributed by atoms with Gasteiger partial charge in [-0.2, -0.15) is 0 Å². The van der Waals surface area contributed by atoms with E-state index in [0.29, 0.717) is 5.39 Å². The van der Waals surface area contributed by atoms with Crippen molar-refractivity contribution in [2.75, 3.05) is 0 Å². The zero-order valence-electron chi connectivity index (χ0n) is 12.2. The molecule has 1 unspecified atom stereocenters. The summed E-state index contributed by atoms with van der Waals surface area (Å²) in [6, 6.07) is 8.51. The van der Waals surface area contributed by atoms with Gasteiger partial charge in [0.2, 0.25) is 0 Å². The third-order valence-electron chi connectivity index (χ3n) is 3.01. The fourth-order valence-electron chi connectivity index (χ4n) is 2.01. The average molecular weight is 273 g/mol. The van der Waals surface area contributed by atoms with Gasteiger partial charge in [-0.05, 0) is 45.2 Å². The number of esters is 1. The molecule has 4 nitrogen and oxygen atoms in total. The first kappa shape index (κ1) is 14.3. The molecular formula is C16H19NO3. The molecule has 0 radical (unpaired) electrons. The summed E-state index contributed by atoms with van der Waals surface area (Å²) in [6.45, 7) is 7.09. The minimum atomic E-state index is -0.647. The van der Waals surface area contributed by atoms with Crippen molar-refractivity contribution in [1.82, 2.24) is 4.57 Å². The number of aromatic nitrogens is 1. The first-order valence-corrected chi connectivity index (χ1v) is 6.62. The molecule has 2 aromatic rings. The molecule has 2 rings (SSSR count). The summed E-state index contributed by atoms with van der Waals surface area (Å²) in [5.74, 6) is -0.408. The summed E-state index contributed by atoms with van der Waals surface area (Å²) >= 11 is 0. The second-order valence-electron chi connectivity index (χ2n) is 5.82. The highest BCUT2D eigenvalue weighted by Gasteiger charge is 2.23. The lowest BCUT2D eigenvalue weighted by molar-refractivity contribution is -0.158. The van der Waals surface area contributed by atoms with E-state index in [4.69, 9.17) is 4.74 Å². The Bertz CT molecular complexity index is 695. The van der Waals surface area contributed by atoms with Crippen molar-refractivity contribution in [3.05, 3.63) is 46.9 Å². The van der Waals surface area contributed by atoms with Gasteiger partial charge in [0.15, 0.2) is 0 Å². The van der Waals surface area contributed by atoms with E-state index in [0.717, 1.165) is 5.39 Å². The van der Waals surface area contributed by atoms with Gasteiger partial charge < -0.3 is 9.30 Å². The predicted molar refractivity (Wildman–Crippen MR) is 78.8 cm³/mol. The molecule has 1 heterocycles. The summed E-state index contributed by atoms with van der Waals surface area (Å²) in [6.07, 6.45) is 1.64. The summed E-state index contributed by atoms with van der Waals surface area (Å²) < 4.78 is 6.74. The average Bonchev–Trinajstić information content (AvgIpc) is 2.37. The number of hydrogen-bond acceptors (Lipinski definition) is 3. The largest absolute Gasteiger partial charge is 0.458 e. The van der Waals surface area contributed by atoms with Gasteiger partial charge in [0.05, 0.1) is 0 Å². The van der Waals surface area contributed by atoms with Gasteiger partial charge in [-0.15, -0.1) is 0 Å². The predicted octanol–water partition coefficient (Wildman–Crippen LogP) is 2.90. The minimum absolute atomic E-state index is 0.179. The number of benzene rings is 1. The van der Waals surface area contributed by atoms with E-state index in [1.165, 1.54) is 4.57 Å². The molecule has 0 saturated carbocycles. The third-order valence-corrected chi connectivity index (χ3v) is 3.01. The number of hydrogen-bond donors (Lipinski definition) is 0. The van der Waals surface area contributed by atoms with Crippen LogP contribution in [0.25, 0.3) is 10.8 Å². The minimum Gasteiger partial charge on any atom is -0.458 e. The highest BCUT2D eigenvalue weighted by atomic mass is 16.6. The Morgan fingerprint density at radius 1 is 1.20 bits per heavy atom. The van der Waals surface area contributed by atoms with E-state index in [2.05, 4.69) is 0 Å². The van der Waals surface area contributed by atoms with E-state index < -0.39 is 17.6 Å². The molecule has 0 amide bonds. The topological polar surface area (TPSA) is 48.3 Å². The van der Waals surface area contributed by atoms with Crippen LogP contribution in [0.3, 0.4) is 0 Å². The van der Waals surface area contributed by atoms with Crippen molar-refractivity contribution < 1.29 is 9.53 Å². The lowest BCUT2D eigenvalue weighted by atomic mass is 10.1. The second-order valence-corrected chi connectivity index (χ2v) is 5.82. The smallest absolute Gasteiger partial charge is 0.329 e.